The fourth-order valence-electron chi connectivity index (χ4n) is 6.90. The minimum absolute atomic E-state index is 0.00452. The lowest BCUT2D eigenvalue weighted by Crippen LogP contribution is -2.57. The molecule has 4 nitrogen and oxygen atoms in total. The zero-order valence-corrected chi connectivity index (χ0v) is 15.3. The van der Waals surface area contributed by atoms with Crippen molar-refractivity contribution in [2.75, 3.05) is 0 Å². The van der Waals surface area contributed by atoms with Crippen LogP contribution in [0.1, 0.15) is 59.3 Å². The minimum atomic E-state index is -0.499. The van der Waals surface area contributed by atoms with E-state index >= 15 is 0 Å². The lowest BCUT2D eigenvalue weighted by molar-refractivity contribution is -0.150. The number of rotatable bonds is 1. The van der Waals surface area contributed by atoms with Crippen LogP contribution in [0.25, 0.3) is 0 Å². The molecule has 0 unspecified atom stereocenters. The Morgan fingerprint density at radius 2 is 1.88 bits per heavy atom. The Labute approximate surface area is 148 Å². The van der Waals surface area contributed by atoms with Crippen LogP contribution in [0.2, 0.25) is 0 Å². The molecular weight excluding hydrogens is 316 g/mol. The third kappa shape index (κ3) is 2.12. The molecule has 6 atom stereocenters. The maximum absolute atomic E-state index is 13.3. The van der Waals surface area contributed by atoms with Gasteiger partial charge < -0.3 is 0 Å². The van der Waals surface area contributed by atoms with Crippen molar-refractivity contribution in [2.24, 2.45) is 34.5 Å². The highest BCUT2D eigenvalue weighted by Crippen LogP contribution is 2.65. The number of carbonyl (C=O) groups excluding carboxylic acids is 4. The van der Waals surface area contributed by atoms with Crippen LogP contribution in [0.3, 0.4) is 0 Å². The van der Waals surface area contributed by atoms with Gasteiger partial charge in [-0.3, -0.25) is 19.2 Å². The van der Waals surface area contributed by atoms with Crippen molar-refractivity contribution in [1.29, 1.82) is 0 Å². The molecule has 0 bridgehead atoms. The van der Waals surface area contributed by atoms with Gasteiger partial charge in [0.2, 0.25) is 0 Å². The van der Waals surface area contributed by atoms with E-state index in [0.717, 1.165) is 12.8 Å². The standard InChI is InChI=1S/C21H26O4/c1-11(22)14-4-5-15-13-9-17(24)16-8-12(23)6-7-20(16,2)19(13)18(25)10-21(14,15)3/h8,13-15,19H,4-7,9-10H2,1-3H3/t13-,14+,15-,19+,20-,21+/m0/s1. The van der Waals surface area contributed by atoms with Gasteiger partial charge in [0.25, 0.3) is 0 Å². The highest BCUT2D eigenvalue weighted by molar-refractivity contribution is 6.07. The monoisotopic (exact) mass is 342 g/mol. The summed E-state index contributed by atoms with van der Waals surface area (Å²) in [6.07, 6.45) is 5.08. The van der Waals surface area contributed by atoms with Gasteiger partial charge in [-0.25, -0.2) is 0 Å². The number of fused-ring (bicyclic) bond motifs is 5. The van der Waals surface area contributed by atoms with Crippen molar-refractivity contribution in [1.82, 2.24) is 0 Å². The first-order chi connectivity index (χ1) is 11.7. The average Bonchev–Trinajstić information content (AvgIpc) is 2.85. The van der Waals surface area contributed by atoms with Crippen molar-refractivity contribution in [2.45, 2.75) is 59.3 Å². The Balaban J connectivity index is 1.79. The topological polar surface area (TPSA) is 68.3 Å². The minimum Gasteiger partial charge on any atom is -0.300 e. The zero-order chi connectivity index (χ0) is 18.1. The van der Waals surface area contributed by atoms with E-state index < -0.39 is 5.41 Å². The lowest BCUT2D eigenvalue weighted by Gasteiger charge is -2.56. The van der Waals surface area contributed by atoms with Gasteiger partial charge >= 0.3 is 0 Å². The summed E-state index contributed by atoms with van der Waals surface area (Å²) >= 11 is 0. The molecule has 0 radical (unpaired) electrons. The molecule has 0 aromatic carbocycles. The van der Waals surface area contributed by atoms with Crippen molar-refractivity contribution >= 4 is 23.1 Å². The Hall–Kier alpha value is -1.58. The van der Waals surface area contributed by atoms with Gasteiger partial charge in [-0.05, 0) is 49.5 Å². The van der Waals surface area contributed by atoms with Crippen molar-refractivity contribution in [3.8, 4) is 0 Å². The van der Waals surface area contributed by atoms with E-state index in [1.807, 2.05) is 6.92 Å². The molecule has 0 N–H and O–H groups in total. The molecule has 134 valence electrons. The fraction of sp³-hybridized carbons (Fsp3) is 0.714. The molecule has 0 aromatic heterocycles. The summed E-state index contributed by atoms with van der Waals surface area (Å²) in [6.45, 7) is 5.74. The van der Waals surface area contributed by atoms with Crippen LogP contribution >= 0.6 is 0 Å². The lowest BCUT2D eigenvalue weighted by atomic mass is 9.46. The summed E-state index contributed by atoms with van der Waals surface area (Å²) in [5.41, 5.74) is -0.212. The Morgan fingerprint density at radius 3 is 2.56 bits per heavy atom. The Morgan fingerprint density at radius 1 is 1.16 bits per heavy atom. The molecule has 0 saturated heterocycles. The molecule has 4 heteroatoms. The highest BCUT2D eigenvalue weighted by Gasteiger charge is 2.64. The third-order valence-corrected chi connectivity index (χ3v) is 7.97. The SMILES string of the molecule is CC(=O)[C@H]1CC[C@H]2[C@@H]3CC(=O)C4=CC(=O)CC[C@]4(C)[C@H]3C(=O)C[C@]12C. The van der Waals surface area contributed by atoms with Crippen molar-refractivity contribution in [3.05, 3.63) is 11.6 Å². The Bertz CT molecular complexity index is 732. The molecule has 3 saturated carbocycles. The molecule has 25 heavy (non-hydrogen) atoms. The fourth-order valence-corrected chi connectivity index (χ4v) is 6.90. The zero-order valence-electron chi connectivity index (χ0n) is 15.3. The van der Waals surface area contributed by atoms with E-state index in [9.17, 15) is 19.2 Å². The van der Waals surface area contributed by atoms with Gasteiger partial charge in [0.1, 0.15) is 11.6 Å². The van der Waals surface area contributed by atoms with Crippen LogP contribution in [0.15, 0.2) is 11.6 Å². The first kappa shape index (κ1) is 16.9. The molecule has 4 aliphatic carbocycles. The first-order valence-electron chi connectivity index (χ1n) is 9.50. The van der Waals surface area contributed by atoms with Gasteiger partial charge in [0, 0.05) is 42.1 Å². The van der Waals surface area contributed by atoms with E-state index in [2.05, 4.69) is 6.92 Å². The average molecular weight is 342 g/mol. The molecule has 0 aromatic rings. The van der Waals surface area contributed by atoms with Crippen LogP contribution in [-0.4, -0.2) is 23.1 Å². The van der Waals surface area contributed by atoms with Crippen LogP contribution in [0.4, 0.5) is 0 Å². The van der Waals surface area contributed by atoms with E-state index in [4.69, 9.17) is 0 Å². The largest absolute Gasteiger partial charge is 0.300 e. The maximum Gasteiger partial charge on any atom is 0.159 e. The van der Waals surface area contributed by atoms with E-state index in [-0.39, 0.29) is 52.2 Å². The molecule has 0 heterocycles. The highest BCUT2D eigenvalue weighted by atomic mass is 16.1. The Kier molecular flexibility index (Phi) is 3.52. The van der Waals surface area contributed by atoms with Crippen LogP contribution in [0.5, 0.6) is 0 Å². The van der Waals surface area contributed by atoms with Crippen LogP contribution in [0, 0.1) is 34.5 Å². The van der Waals surface area contributed by atoms with Gasteiger partial charge in [0.15, 0.2) is 11.6 Å². The molecule has 4 aliphatic rings. The van der Waals surface area contributed by atoms with Gasteiger partial charge in [-0.1, -0.05) is 13.8 Å². The smallest absolute Gasteiger partial charge is 0.159 e. The number of allylic oxidation sites excluding steroid dienone is 1. The van der Waals surface area contributed by atoms with E-state index in [1.165, 1.54) is 6.08 Å². The van der Waals surface area contributed by atoms with Crippen molar-refractivity contribution < 1.29 is 19.2 Å². The van der Waals surface area contributed by atoms with Gasteiger partial charge in [-0.15, -0.1) is 0 Å². The first-order valence-corrected chi connectivity index (χ1v) is 9.50. The second-order valence-corrected chi connectivity index (χ2v) is 9.21. The second kappa shape index (κ2) is 5.21. The molecule has 4 rings (SSSR count). The quantitative estimate of drug-likeness (QED) is 0.734. The summed E-state index contributed by atoms with van der Waals surface area (Å²) in [6, 6.07) is 0. The normalized spacial score (nSPS) is 46.2. The van der Waals surface area contributed by atoms with Gasteiger partial charge in [-0.2, -0.15) is 0 Å². The van der Waals surface area contributed by atoms with Gasteiger partial charge in [0.05, 0.1) is 0 Å². The molecular formula is C21H26O4. The number of carbonyl (C=O) groups is 4. The molecule has 0 spiro atoms. The summed E-state index contributed by atoms with van der Waals surface area (Å²) < 4.78 is 0. The summed E-state index contributed by atoms with van der Waals surface area (Å²) in [4.78, 5) is 50.1. The number of ketones is 4. The second-order valence-electron chi connectivity index (χ2n) is 9.21. The number of hydrogen-bond donors (Lipinski definition) is 0. The van der Waals surface area contributed by atoms with E-state index in [1.54, 1.807) is 6.92 Å². The number of Topliss-reactive ketones (excluding diaryl/α,β-unsaturated/α-hetero) is 3. The summed E-state index contributed by atoms with van der Waals surface area (Å²) in [5, 5.41) is 0. The predicted molar refractivity (Wildman–Crippen MR) is 91.7 cm³/mol. The van der Waals surface area contributed by atoms with Crippen LogP contribution < -0.4 is 0 Å². The van der Waals surface area contributed by atoms with Crippen LogP contribution in [-0.2, 0) is 19.2 Å². The maximum atomic E-state index is 13.3. The summed E-state index contributed by atoms with van der Waals surface area (Å²) in [7, 11) is 0. The van der Waals surface area contributed by atoms with E-state index in [0.29, 0.717) is 31.3 Å². The molecule has 0 aliphatic heterocycles. The molecule has 0 amide bonds. The third-order valence-electron chi connectivity index (χ3n) is 7.97. The van der Waals surface area contributed by atoms with Crippen molar-refractivity contribution in [3.63, 3.8) is 0 Å². The molecule has 3 fully saturated rings. The predicted octanol–water partition coefficient (Wildman–Crippen LogP) is 3.08. The number of hydrogen-bond acceptors (Lipinski definition) is 4. The summed E-state index contributed by atoms with van der Waals surface area (Å²) in [5.74, 6) is 0.469.